The van der Waals surface area contributed by atoms with Gasteiger partial charge < -0.3 is 5.32 Å². The van der Waals surface area contributed by atoms with E-state index in [2.05, 4.69) is 5.32 Å². The molecule has 6 heteroatoms. The molecule has 2 rings (SSSR count). The first-order chi connectivity index (χ1) is 14.1. The van der Waals surface area contributed by atoms with Gasteiger partial charge in [-0.1, -0.05) is 58.0 Å². The Labute approximate surface area is 180 Å². The fourth-order valence-electron chi connectivity index (χ4n) is 3.04. The van der Waals surface area contributed by atoms with Gasteiger partial charge in [0.15, 0.2) is 0 Å². The maximum absolute atomic E-state index is 13.1. The van der Waals surface area contributed by atoms with E-state index in [0.717, 1.165) is 5.56 Å². The number of rotatable bonds is 9. The van der Waals surface area contributed by atoms with E-state index in [-0.39, 0.29) is 22.6 Å². The summed E-state index contributed by atoms with van der Waals surface area (Å²) in [6.07, 6.45) is 1.81. The van der Waals surface area contributed by atoms with E-state index < -0.39 is 10.0 Å². The van der Waals surface area contributed by atoms with Crippen LogP contribution in [0, 0.1) is 11.8 Å². The predicted molar refractivity (Wildman–Crippen MR) is 124 cm³/mol. The molecule has 5 nitrogen and oxygen atoms in total. The Morgan fingerprint density at radius 1 is 0.933 bits per heavy atom. The minimum Gasteiger partial charge on any atom is -0.322 e. The Morgan fingerprint density at radius 3 is 1.97 bits per heavy atom. The second kappa shape index (κ2) is 10.5. The molecule has 0 heterocycles. The van der Waals surface area contributed by atoms with E-state index >= 15 is 0 Å². The van der Waals surface area contributed by atoms with Gasteiger partial charge >= 0.3 is 0 Å². The quantitative estimate of drug-likeness (QED) is 0.570. The van der Waals surface area contributed by atoms with Crippen molar-refractivity contribution >= 4 is 27.7 Å². The molecule has 0 aliphatic heterocycles. The van der Waals surface area contributed by atoms with Crippen LogP contribution in [0.3, 0.4) is 0 Å². The molecule has 0 radical (unpaired) electrons. The molecule has 0 atom stereocenters. The average Bonchev–Trinajstić information content (AvgIpc) is 2.68. The molecule has 0 fully saturated rings. The summed E-state index contributed by atoms with van der Waals surface area (Å²) < 4.78 is 27.7. The Kier molecular flexibility index (Phi) is 8.38. The van der Waals surface area contributed by atoms with Crippen LogP contribution in [0.5, 0.6) is 0 Å². The molecule has 2 aromatic rings. The van der Waals surface area contributed by atoms with Crippen LogP contribution in [-0.4, -0.2) is 31.7 Å². The topological polar surface area (TPSA) is 66.5 Å². The van der Waals surface area contributed by atoms with Crippen molar-refractivity contribution in [3.63, 3.8) is 0 Å². The Balaban J connectivity index is 2.14. The highest BCUT2D eigenvalue weighted by molar-refractivity contribution is 7.89. The van der Waals surface area contributed by atoms with Gasteiger partial charge in [0, 0.05) is 24.4 Å². The molecule has 0 saturated heterocycles. The second-order valence-electron chi connectivity index (χ2n) is 8.33. The maximum atomic E-state index is 13.1. The van der Waals surface area contributed by atoms with Gasteiger partial charge in [0.1, 0.15) is 0 Å². The summed E-state index contributed by atoms with van der Waals surface area (Å²) in [5.74, 6) is 0.239. The first kappa shape index (κ1) is 23.8. The first-order valence-electron chi connectivity index (χ1n) is 10.2. The Bertz CT molecular complexity index is 953. The Morgan fingerprint density at radius 2 is 1.47 bits per heavy atom. The minimum absolute atomic E-state index is 0.226. The fourth-order valence-corrected chi connectivity index (χ4v) is 4.81. The van der Waals surface area contributed by atoms with Crippen LogP contribution in [0.2, 0.25) is 0 Å². The molecule has 0 saturated carbocycles. The van der Waals surface area contributed by atoms with Crippen LogP contribution in [0.25, 0.3) is 6.08 Å². The van der Waals surface area contributed by atoms with Gasteiger partial charge in [0.25, 0.3) is 5.91 Å². The van der Waals surface area contributed by atoms with Crippen molar-refractivity contribution < 1.29 is 13.2 Å². The van der Waals surface area contributed by atoms with Crippen LogP contribution in [0.4, 0.5) is 5.69 Å². The van der Waals surface area contributed by atoms with Crippen molar-refractivity contribution in [3.05, 3.63) is 65.7 Å². The fraction of sp³-hybridized carbons (Fsp3) is 0.375. The van der Waals surface area contributed by atoms with Gasteiger partial charge in [-0.25, -0.2) is 8.42 Å². The molecule has 1 N–H and O–H groups in total. The monoisotopic (exact) mass is 428 g/mol. The molecule has 0 aliphatic rings. The summed E-state index contributed by atoms with van der Waals surface area (Å²) >= 11 is 0. The number of hydrogen-bond donors (Lipinski definition) is 1. The van der Waals surface area contributed by atoms with E-state index in [0.29, 0.717) is 24.4 Å². The van der Waals surface area contributed by atoms with Crippen LogP contribution >= 0.6 is 0 Å². The van der Waals surface area contributed by atoms with Crippen molar-refractivity contribution in [2.24, 2.45) is 11.8 Å². The number of benzene rings is 2. The van der Waals surface area contributed by atoms with Crippen molar-refractivity contribution in [2.45, 2.75) is 39.5 Å². The second-order valence-corrected chi connectivity index (χ2v) is 10.3. The van der Waals surface area contributed by atoms with E-state index in [9.17, 15) is 13.2 Å². The normalized spacial score (nSPS) is 12.6. The van der Waals surface area contributed by atoms with Crippen LogP contribution in [0.1, 0.15) is 40.2 Å². The lowest BCUT2D eigenvalue weighted by molar-refractivity contribution is -0.112. The van der Waals surface area contributed by atoms with Crippen LogP contribution in [-0.2, 0) is 14.8 Å². The lowest BCUT2D eigenvalue weighted by atomic mass is 10.1. The largest absolute Gasteiger partial charge is 0.322 e. The summed E-state index contributed by atoms with van der Waals surface area (Å²) in [5.41, 5.74) is 2.07. The number of nitrogens with one attached hydrogen (secondary N) is 1. The number of sulfonamides is 1. The van der Waals surface area contributed by atoms with Crippen molar-refractivity contribution in [1.29, 1.82) is 0 Å². The zero-order chi connectivity index (χ0) is 22.3. The van der Waals surface area contributed by atoms with E-state index in [4.69, 9.17) is 0 Å². The predicted octanol–water partition coefficient (Wildman–Crippen LogP) is 5.03. The summed E-state index contributed by atoms with van der Waals surface area (Å²) in [7, 11) is -3.58. The summed E-state index contributed by atoms with van der Waals surface area (Å²) in [6.45, 7) is 10.7. The SMILES string of the molecule is C/C(=C\c1ccccc1)C(=O)Nc1ccc(S(=O)(=O)N(CC(C)C)CC(C)C)cc1. The van der Waals surface area contributed by atoms with Crippen molar-refractivity contribution in [2.75, 3.05) is 18.4 Å². The van der Waals surface area contributed by atoms with Crippen LogP contribution < -0.4 is 5.32 Å². The summed E-state index contributed by atoms with van der Waals surface area (Å²) in [4.78, 5) is 12.7. The maximum Gasteiger partial charge on any atom is 0.251 e. The molecule has 0 aromatic heterocycles. The highest BCUT2D eigenvalue weighted by Gasteiger charge is 2.25. The molecule has 162 valence electrons. The van der Waals surface area contributed by atoms with E-state index in [1.807, 2.05) is 64.1 Å². The number of amides is 1. The average molecular weight is 429 g/mol. The third-order valence-corrected chi connectivity index (χ3v) is 6.27. The lowest BCUT2D eigenvalue weighted by Crippen LogP contribution is -2.37. The Hall–Kier alpha value is -2.44. The number of hydrogen-bond acceptors (Lipinski definition) is 3. The van der Waals surface area contributed by atoms with Gasteiger partial charge in [-0.3, -0.25) is 4.79 Å². The zero-order valence-electron chi connectivity index (χ0n) is 18.4. The molecule has 0 bridgehead atoms. The zero-order valence-corrected chi connectivity index (χ0v) is 19.2. The van der Waals surface area contributed by atoms with Gasteiger partial charge in [0.05, 0.1) is 4.90 Å². The smallest absolute Gasteiger partial charge is 0.251 e. The van der Waals surface area contributed by atoms with Gasteiger partial charge in [-0.15, -0.1) is 0 Å². The third-order valence-electron chi connectivity index (χ3n) is 4.43. The van der Waals surface area contributed by atoms with Gasteiger partial charge in [-0.2, -0.15) is 4.31 Å². The van der Waals surface area contributed by atoms with Crippen molar-refractivity contribution in [3.8, 4) is 0 Å². The molecule has 0 unspecified atom stereocenters. The molecular weight excluding hydrogens is 396 g/mol. The molecule has 2 aromatic carbocycles. The summed E-state index contributed by atoms with van der Waals surface area (Å²) in [6, 6.07) is 16.0. The van der Waals surface area contributed by atoms with Gasteiger partial charge in [-0.05, 0) is 54.7 Å². The molecule has 1 amide bonds. The third kappa shape index (κ3) is 6.82. The first-order valence-corrected chi connectivity index (χ1v) is 11.7. The van der Waals surface area contributed by atoms with Gasteiger partial charge in [0.2, 0.25) is 10.0 Å². The van der Waals surface area contributed by atoms with Crippen LogP contribution in [0.15, 0.2) is 65.1 Å². The molecule has 0 spiro atoms. The van der Waals surface area contributed by atoms with E-state index in [1.165, 1.54) is 0 Å². The number of carbonyl (C=O) groups excluding carboxylic acids is 1. The number of nitrogens with zero attached hydrogens (tertiary/aromatic N) is 1. The highest BCUT2D eigenvalue weighted by atomic mass is 32.2. The molecule has 0 aliphatic carbocycles. The van der Waals surface area contributed by atoms with E-state index in [1.54, 1.807) is 35.5 Å². The molecule has 30 heavy (non-hydrogen) atoms. The lowest BCUT2D eigenvalue weighted by Gasteiger charge is -2.25. The standard InChI is InChI=1S/C24H32N2O3S/c1-18(2)16-26(17-19(3)4)30(28,29)23-13-11-22(12-14-23)25-24(27)20(5)15-21-9-7-6-8-10-21/h6-15,18-19H,16-17H2,1-5H3,(H,25,27)/b20-15+. The number of carbonyl (C=O) groups is 1. The molecular formula is C24H32N2O3S. The minimum atomic E-state index is -3.58. The number of anilines is 1. The summed E-state index contributed by atoms with van der Waals surface area (Å²) in [5, 5.41) is 2.82. The highest BCUT2D eigenvalue weighted by Crippen LogP contribution is 2.21. The van der Waals surface area contributed by atoms with Crippen molar-refractivity contribution in [1.82, 2.24) is 4.31 Å².